The summed E-state index contributed by atoms with van der Waals surface area (Å²) in [7, 11) is 0. The predicted molar refractivity (Wildman–Crippen MR) is 89.4 cm³/mol. The van der Waals surface area contributed by atoms with Crippen molar-refractivity contribution in [2.24, 2.45) is 0 Å². The van der Waals surface area contributed by atoms with E-state index in [9.17, 15) is 14.9 Å². The number of carbonyl (C=O) groups excluding carboxylic acids is 1. The lowest BCUT2D eigenvalue weighted by Gasteiger charge is -2.28. The monoisotopic (exact) mass is 337 g/mol. The molecule has 1 aliphatic heterocycles. The first-order valence-corrected chi connectivity index (χ1v) is 8.13. The molecule has 0 radical (unpaired) electrons. The number of amides is 1. The molecular weight excluding hydrogens is 314 g/mol. The topological polar surface area (TPSA) is 105 Å². The van der Waals surface area contributed by atoms with E-state index in [1.807, 2.05) is 4.90 Å². The Balaban J connectivity index is 2.04. The van der Waals surface area contributed by atoms with Crippen LogP contribution in [0.2, 0.25) is 0 Å². The number of carbonyl (C=O) groups is 1. The van der Waals surface area contributed by atoms with E-state index >= 15 is 0 Å². The Hall–Kier alpha value is -2.19. The molecule has 2 rings (SSSR count). The van der Waals surface area contributed by atoms with Crippen molar-refractivity contribution in [3.05, 3.63) is 33.9 Å². The van der Waals surface area contributed by atoms with Crippen LogP contribution in [0, 0.1) is 10.1 Å². The van der Waals surface area contributed by atoms with Gasteiger partial charge in [-0.1, -0.05) is 0 Å². The Morgan fingerprint density at radius 2 is 2.04 bits per heavy atom. The van der Waals surface area contributed by atoms with Gasteiger partial charge >= 0.3 is 0 Å². The molecule has 1 saturated heterocycles. The van der Waals surface area contributed by atoms with E-state index in [1.54, 1.807) is 12.1 Å². The summed E-state index contributed by atoms with van der Waals surface area (Å²) < 4.78 is 5.26. The molecule has 1 aliphatic rings. The van der Waals surface area contributed by atoms with Gasteiger partial charge in [-0.15, -0.1) is 0 Å². The quantitative estimate of drug-likeness (QED) is 0.421. The van der Waals surface area contributed by atoms with Crippen molar-refractivity contribution in [2.75, 3.05) is 44.4 Å². The van der Waals surface area contributed by atoms with Gasteiger partial charge in [-0.3, -0.25) is 14.9 Å². The van der Waals surface area contributed by atoms with Crippen LogP contribution in [0.5, 0.6) is 0 Å². The van der Waals surface area contributed by atoms with Crippen LogP contribution in [0.3, 0.4) is 0 Å². The summed E-state index contributed by atoms with van der Waals surface area (Å²) in [5.41, 5.74) is 0.730. The number of unbranched alkanes of at least 4 members (excludes halogenated alkanes) is 2. The third-order valence-electron chi connectivity index (χ3n) is 3.91. The number of hydrogen-bond donors (Lipinski definition) is 2. The molecule has 1 aromatic rings. The summed E-state index contributed by atoms with van der Waals surface area (Å²) in [6, 6.07) is 4.57. The summed E-state index contributed by atoms with van der Waals surface area (Å²) in [5, 5.41) is 22.8. The zero-order chi connectivity index (χ0) is 17.4. The molecule has 2 N–H and O–H groups in total. The van der Waals surface area contributed by atoms with Crippen LogP contribution in [-0.2, 0) is 4.74 Å². The molecule has 0 atom stereocenters. The lowest BCUT2D eigenvalue weighted by atomic mass is 10.1. The van der Waals surface area contributed by atoms with Crippen molar-refractivity contribution in [3.63, 3.8) is 0 Å². The van der Waals surface area contributed by atoms with Crippen LogP contribution in [0.15, 0.2) is 18.2 Å². The molecule has 0 aliphatic carbocycles. The number of nitrogens with zero attached hydrogens (tertiary/aromatic N) is 2. The van der Waals surface area contributed by atoms with Crippen LogP contribution in [0.4, 0.5) is 11.4 Å². The first-order chi connectivity index (χ1) is 11.6. The minimum Gasteiger partial charge on any atom is -0.396 e. The molecular formula is C16H23N3O5. The van der Waals surface area contributed by atoms with E-state index in [0.717, 1.165) is 12.8 Å². The molecule has 0 unspecified atom stereocenters. The standard InChI is InChI=1S/C16H23N3O5/c20-9-3-1-2-6-17-16(21)13-4-5-14(15(12-13)19(22)23)18-7-10-24-11-8-18/h4-5,12,20H,1-3,6-11H2,(H,17,21). The number of rotatable bonds is 8. The van der Waals surface area contributed by atoms with Crippen LogP contribution < -0.4 is 10.2 Å². The van der Waals surface area contributed by atoms with Crippen LogP contribution >= 0.6 is 0 Å². The molecule has 8 heteroatoms. The fraction of sp³-hybridized carbons (Fsp3) is 0.562. The van der Waals surface area contributed by atoms with Crippen molar-refractivity contribution in [3.8, 4) is 0 Å². The van der Waals surface area contributed by atoms with Crippen LogP contribution in [0.1, 0.15) is 29.6 Å². The average Bonchev–Trinajstić information content (AvgIpc) is 2.61. The second-order valence-corrected chi connectivity index (χ2v) is 5.60. The zero-order valence-corrected chi connectivity index (χ0v) is 13.6. The number of anilines is 1. The molecule has 0 saturated carbocycles. The number of morpholine rings is 1. The van der Waals surface area contributed by atoms with Gasteiger partial charge in [0.05, 0.1) is 18.1 Å². The minimum absolute atomic E-state index is 0.0650. The molecule has 1 amide bonds. The minimum atomic E-state index is -0.456. The molecule has 0 aromatic heterocycles. The van der Waals surface area contributed by atoms with Crippen molar-refractivity contribution >= 4 is 17.3 Å². The Labute approximate surface area is 140 Å². The van der Waals surface area contributed by atoms with Crippen LogP contribution in [0.25, 0.3) is 0 Å². The van der Waals surface area contributed by atoms with E-state index in [1.165, 1.54) is 6.07 Å². The summed E-state index contributed by atoms with van der Waals surface area (Å²) in [5.74, 6) is -0.323. The molecule has 1 fully saturated rings. The van der Waals surface area contributed by atoms with Crippen molar-refractivity contribution in [1.82, 2.24) is 5.32 Å². The number of hydrogen-bond acceptors (Lipinski definition) is 6. The average molecular weight is 337 g/mol. The molecule has 1 aromatic carbocycles. The Bertz CT molecular complexity index is 573. The van der Waals surface area contributed by atoms with E-state index in [4.69, 9.17) is 9.84 Å². The maximum atomic E-state index is 12.1. The second-order valence-electron chi connectivity index (χ2n) is 5.60. The number of nitro groups is 1. The third kappa shape index (κ3) is 4.90. The van der Waals surface area contributed by atoms with Gasteiger partial charge in [0.1, 0.15) is 5.69 Å². The summed E-state index contributed by atoms with van der Waals surface area (Å²) >= 11 is 0. The maximum absolute atomic E-state index is 12.1. The third-order valence-corrected chi connectivity index (χ3v) is 3.91. The van der Waals surface area contributed by atoms with E-state index in [0.29, 0.717) is 45.0 Å². The molecule has 132 valence electrons. The first-order valence-electron chi connectivity index (χ1n) is 8.13. The number of aliphatic hydroxyl groups excluding tert-OH is 1. The lowest BCUT2D eigenvalue weighted by molar-refractivity contribution is -0.384. The SMILES string of the molecule is O=C(NCCCCCO)c1ccc(N2CCOCC2)c([N+](=O)[O-])c1. The van der Waals surface area contributed by atoms with Gasteiger partial charge in [-0.2, -0.15) is 0 Å². The van der Waals surface area contributed by atoms with E-state index in [2.05, 4.69) is 5.32 Å². The van der Waals surface area contributed by atoms with Crippen molar-refractivity contribution in [1.29, 1.82) is 0 Å². The van der Waals surface area contributed by atoms with Gasteiger partial charge in [0.15, 0.2) is 0 Å². The number of nitro benzene ring substituents is 1. The van der Waals surface area contributed by atoms with Crippen molar-refractivity contribution < 1.29 is 19.6 Å². The van der Waals surface area contributed by atoms with Gasteiger partial charge in [-0.05, 0) is 31.4 Å². The number of aliphatic hydroxyl groups is 1. The summed E-state index contributed by atoms with van der Waals surface area (Å²) in [4.78, 5) is 24.9. The first kappa shape index (κ1) is 18.2. The van der Waals surface area contributed by atoms with Gasteiger partial charge in [0.25, 0.3) is 11.6 Å². The fourth-order valence-electron chi connectivity index (χ4n) is 2.60. The number of nitrogens with one attached hydrogen (secondary N) is 1. The van der Waals surface area contributed by atoms with Crippen molar-refractivity contribution in [2.45, 2.75) is 19.3 Å². The maximum Gasteiger partial charge on any atom is 0.293 e. The predicted octanol–water partition coefficient (Wildman–Crippen LogP) is 1.32. The normalized spacial score (nSPS) is 14.5. The van der Waals surface area contributed by atoms with Gasteiger partial charge in [0.2, 0.25) is 0 Å². The highest BCUT2D eigenvalue weighted by Gasteiger charge is 2.23. The smallest absolute Gasteiger partial charge is 0.293 e. The molecule has 0 bridgehead atoms. The van der Waals surface area contributed by atoms with E-state index < -0.39 is 4.92 Å². The molecule has 1 heterocycles. The molecule has 8 nitrogen and oxygen atoms in total. The summed E-state index contributed by atoms with van der Waals surface area (Å²) in [6.45, 7) is 2.88. The Morgan fingerprint density at radius 1 is 1.29 bits per heavy atom. The van der Waals surface area contributed by atoms with E-state index in [-0.39, 0.29) is 23.8 Å². The highest BCUT2D eigenvalue weighted by Crippen LogP contribution is 2.29. The Kier molecular flexibility index (Phi) is 6.95. The highest BCUT2D eigenvalue weighted by atomic mass is 16.6. The summed E-state index contributed by atoms with van der Waals surface area (Å²) in [6.07, 6.45) is 2.29. The van der Waals surface area contributed by atoms with Crippen LogP contribution in [-0.4, -0.2) is 55.4 Å². The number of benzene rings is 1. The number of ether oxygens (including phenoxy) is 1. The zero-order valence-electron chi connectivity index (χ0n) is 13.6. The molecule has 0 spiro atoms. The molecule has 24 heavy (non-hydrogen) atoms. The lowest BCUT2D eigenvalue weighted by Crippen LogP contribution is -2.36. The second kappa shape index (κ2) is 9.19. The van der Waals surface area contributed by atoms with Gasteiger partial charge in [0, 0.05) is 37.9 Å². The highest BCUT2D eigenvalue weighted by molar-refractivity contribution is 5.95. The van der Waals surface area contributed by atoms with Gasteiger partial charge in [-0.25, -0.2) is 0 Å². The largest absolute Gasteiger partial charge is 0.396 e. The Morgan fingerprint density at radius 3 is 2.71 bits per heavy atom. The van der Waals surface area contributed by atoms with Gasteiger partial charge < -0.3 is 20.1 Å². The fourth-order valence-corrected chi connectivity index (χ4v) is 2.60.